The van der Waals surface area contributed by atoms with Crippen LogP contribution in [0.3, 0.4) is 0 Å². The van der Waals surface area contributed by atoms with Crippen molar-refractivity contribution < 1.29 is 9.47 Å². The van der Waals surface area contributed by atoms with Gasteiger partial charge in [0.15, 0.2) is 0 Å². The summed E-state index contributed by atoms with van der Waals surface area (Å²) in [6.45, 7) is 9.43. The molecule has 1 radical (unpaired) electrons. The van der Waals surface area contributed by atoms with Gasteiger partial charge in [0.1, 0.15) is 18.0 Å². The molecular formula is C18H23O2S. The standard InChI is InChI=1S/C18H23O2S/c1-4-18(5-2,20-12-16-9-10-21-13-16)14-19-17-8-6-7-15(3)11-17/h6-11,13H,3-5,12,14H2,1-2H3. The smallest absolute Gasteiger partial charge is 0.119 e. The number of thiophene rings is 1. The monoisotopic (exact) mass is 303 g/mol. The minimum atomic E-state index is -0.237. The van der Waals surface area contributed by atoms with E-state index < -0.39 is 0 Å². The zero-order valence-corrected chi connectivity index (χ0v) is 13.6. The van der Waals surface area contributed by atoms with Crippen molar-refractivity contribution in [3.8, 4) is 5.75 Å². The van der Waals surface area contributed by atoms with Gasteiger partial charge in [-0.2, -0.15) is 11.3 Å². The average molecular weight is 303 g/mol. The lowest BCUT2D eigenvalue weighted by Gasteiger charge is -2.31. The molecule has 0 aliphatic heterocycles. The van der Waals surface area contributed by atoms with Gasteiger partial charge in [-0.1, -0.05) is 26.0 Å². The van der Waals surface area contributed by atoms with E-state index in [1.807, 2.05) is 24.3 Å². The third-order valence-electron chi connectivity index (χ3n) is 3.81. The highest BCUT2D eigenvalue weighted by atomic mass is 32.1. The second kappa shape index (κ2) is 7.62. The summed E-state index contributed by atoms with van der Waals surface area (Å²) in [7, 11) is 0. The van der Waals surface area contributed by atoms with Gasteiger partial charge < -0.3 is 9.47 Å². The summed E-state index contributed by atoms with van der Waals surface area (Å²) in [5.41, 5.74) is 1.95. The summed E-state index contributed by atoms with van der Waals surface area (Å²) in [4.78, 5) is 0. The predicted molar refractivity (Wildman–Crippen MR) is 88.8 cm³/mol. The molecular weight excluding hydrogens is 280 g/mol. The molecule has 1 heterocycles. The summed E-state index contributed by atoms with van der Waals surface area (Å²) in [6.07, 6.45) is 1.86. The lowest BCUT2D eigenvalue weighted by molar-refractivity contribution is -0.0877. The molecule has 1 aromatic heterocycles. The molecule has 21 heavy (non-hydrogen) atoms. The Morgan fingerprint density at radius 1 is 1.19 bits per heavy atom. The molecule has 1 aromatic carbocycles. The molecule has 0 unspecified atom stereocenters. The Bertz CT molecular complexity index is 530. The van der Waals surface area contributed by atoms with Gasteiger partial charge in [0, 0.05) is 0 Å². The SMILES string of the molecule is [CH2]c1cccc(OCC(CC)(CC)OCc2ccsc2)c1. The summed E-state index contributed by atoms with van der Waals surface area (Å²) in [5.74, 6) is 0.855. The lowest BCUT2D eigenvalue weighted by Crippen LogP contribution is -2.37. The van der Waals surface area contributed by atoms with E-state index in [0.29, 0.717) is 13.2 Å². The molecule has 0 aliphatic carbocycles. The topological polar surface area (TPSA) is 18.5 Å². The molecule has 2 rings (SSSR count). The van der Waals surface area contributed by atoms with Crippen molar-refractivity contribution in [1.29, 1.82) is 0 Å². The van der Waals surface area contributed by atoms with Gasteiger partial charge in [0.25, 0.3) is 0 Å². The van der Waals surface area contributed by atoms with Crippen LogP contribution in [-0.4, -0.2) is 12.2 Å². The molecule has 2 nitrogen and oxygen atoms in total. The number of ether oxygens (including phenoxy) is 2. The summed E-state index contributed by atoms with van der Waals surface area (Å²) >= 11 is 1.70. The number of benzene rings is 1. The Hall–Kier alpha value is -1.32. The maximum Gasteiger partial charge on any atom is 0.119 e. The van der Waals surface area contributed by atoms with E-state index in [1.54, 1.807) is 11.3 Å². The molecule has 0 atom stereocenters. The Labute approximate surface area is 131 Å². The molecule has 0 N–H and O–H groups in total. The molecule has 0 fully saturated rings. The van der Waals surface area contributed by atoms with Crippen molar-refractivity contribution in [2.75, 3.05) is 6.61 Å². The largest absolute Gasteiger partial charge is 0.491 e. The highest BCUT2D eigenvalue weighted by molar-refractivity contribution is 7.07. The van der Waals surface area contributed by atoms with Crippen molar-refractivity contribution in [2.45, 2.75) is 38.9 Å². The molecule has 0 saturated carbocycles. The first-order valence-corrected chi connectivity index (χ1v) is 8.31. The van der Waals surface area contributed by atoms with Crippen LogP contribution in [0.25, 0.3) is 0 Å². The molecule has 0 aliphatic rings. The van der Waals surface area contributed by atoms with E-state index in [4.69, 9.17) is 9.47 Å². The normalized spacial score (nSPS) is 11.6. The lowest BCUT2D eigenvalue weighted by atomic mass is 9.98. The molecule has 113 valence electrons. The first kappa shape index (κ1) is 16.1. The third kappa shape index (κ3) is 4.58. The van der Waals surface area contributed by atoms with E-state index in [-0.39, 0.29) is 5.60 Å². The Balaban J connectivity index is 1.96. The second-order valence-electron chi connectivity index (χ2n) is 5.25. The first-order chi connectivity index (χ1) is 10.2. The van der Waals surface area contributed by atoms with Gasteiger partial charge in [-0.05, 0) is 59.9 Å². The van der Waals surface area contributed by atoms with Crippen molar-refractivity contribution in [3.05, 3.63) is 59.1 Å². The molecule has 0 spiro atoms. The van der Waals surface area contributed by atoms with Crippen LogP contribution in [0.15, 0.2) is 41.1 Å². The molecule has 3 heteroatoms. The minimum absolute atomic E-state index is 0.237. The average Bonchev–Trinajstić information content (AvgIpc) is 3.02. The molecule has 0 bridgehead atoms. The third-order valence-corrected chi connectivity index (χ3v) is 4.55. The Morgan fingerprint density at radius 2 is 2.00 bits per heavy atom. The molecule has 0 amide bonds. The quantitative estimate of drug-likeness (QED) is 0.676. The maximum absolute atomic E-state index is 6.19. The van der Waals surface area contributed by atoms with Crippen molar-refractivity contribution >= 4 is 11.3 Å². The highest BCUT2D eigenvalue weighted by Crippen LogP contribution is 2.25. The van der Waals surface area contributed by atoms with E-state index in [1.165, 1.54) is 5.56 Å². The first-order valence-electron chi connectivity index (χ1n) is 7.37. The Kier molecular flexibility index (Phi) is 5.83. The number of rotatable bonds is 8. The molecule has 2 aromatic rings. The van der Waals surface area contributed by atoms with E-state index in [0.717, 1.165) is 24.2 Å². The van der Waals surface area contributed by atoms with Gasteiger partial charge >= 0.3 is 0 Å². The highest BCUT2D eigenvalue weighted by Gasteiger charge is 2.28. The number of hydrogen-bond acceptors (Lipinski definition) is 3. The summed E-state index contributed by atoms with van der Waals surface area (Å²) in [5, 5.41) is 4.21. The fourth-order valence-corrected chi connectivity index (χ4v) is 2.81. The van der Waals surface area contributed by atoms with Gasteiger partial charge in [0.2, 0.25) is 0 Å². The van der Waals surface area contributed by atoms with Crippen LogP contribution in [0, 0.1) is 6.92 Å². The summed E-state index contributed by atoms with van der Waals surface area (Å²) < 4.78 is 12.1. The van der Waals surface area contributed by atoms with E-state index in [2.05, 4.69) is 37.6 Å². The zero-order valence-electron chi connectivity index (χ0n) is 12.8. The minimum Gasteiger partial charge on any atom is -0.491 e. The van der Waals surface area contributed by atoms with Crippen molar-refractivity contribution in [1.82, 2.24) is 0 Å². The van der Waals surface area contributed by atoms with E-state index in [9.17, 15) is 0 Å². The summed E-state index contributed by atoms with van der Waals surface area (Å²) in [6, 6.07) is 9.95. The second-order valence-corrected chi connectivity index (χ2v) is 6.03. The van der Waals surface area contributed by atoms with Crippen LogP contribution >= 0.6 is 11.3 Å². The zero-order chi connectivity index (χ0) is 15.1. The fourth-order valence-electron chi connectivity index (χ4n) is 2.16. The van der Waals surface area contributed by atoms with Crippen molar-refractivity contribution in [3.63, 3.8) is 0 Å². The van der Waals surface area contributed by atoms with Crippen molar-refractivity contribution in [2.24, 2.45) is 0 Å². The Morgan fingerprint density at radius 3 is 2.62 bits per heavy atom. The predicted octanol–water partition coefficient (Wildman–Crippen LogP) is 5.08. The number of hydrogen-bond donors (Lipinski definition) is 0. The van der Waals surface area contributed by atoms with Crippen LogP contribution in [0.5, 0.6) is 5.75 Å². The van der Waals surface area contributed by atoms with Crippen LogP contribution in [0.2, 0.25) is 0 Å². The maximum atomic E-state index is 6.19. The van der Waals surface area contributed by atoms with Crippen LogP contribution in [0.4, 0.5) is 0 Å². The van der Waals surface area contributed by atoms with Gasteiger partial charge in [0.05, 0.1) is 6.61 Å². The fraction of sp³-hybridized carbons (Fsp3) is 0.389. The van der Waals surface area contributed by atoms with Crippen LogP contribution < -0.4 is 4.74 Å². The van der Waals surface area contributed by atoms with Gasteiger partial charge in [-0.3, -0.25) is 0 Å². The van der Waals surface area contributed by atoms with Gasteiger partial charge in [-0.15, -0.1) is 0 Å². The molecule has 0 saturated heterocycles. The van der Waals surface area contributed by atoms with E-state index >= 15 is 0 Å². The van der Waals surface area contributed by atoms with Gasteiger partial charge in [-0.25, -0.2) is 0 Å². The van der Waals surface area contributed by atoms with Crippen LogP contribution in [-0.2, 0) is 11.3 Å². The van der Waals surface area contributed by atoms with Crippen LogP contribution in [0.1, 0.15) is 37.8 Å².